The van der Waals surface area contributed by atoms with Crippen LogP contribution in [-0.2, 0) is 0 Å². The average Bonchev–Trinajstić information content (AvgIpc) is 3.27. The molecule has 4 rings (SSSR count). The van der Waals surface area contributed by atoms with Gasteiger partial charge in [0.1, 0.15) is 36.9 Å². The molecule has 4 N–H and O–H groups in total. The fourth-order valence-corrected chi connectivity index (χ4v) is 4.08. The van der Waals surface area contributed by atoms with Crippen LogP contribution in [0.4, 0.5) is 0 Å². The number of nitrogens with zero attached hydrogens (tertiary/aromatic N) is 3. The lowest BCUT2D eigenvalue weighted by molar-refractivity contribution is -0.0170. The number of hydrogen-bond acceptors (Lipinski definition) is 7. The molecule has 10 heteroatoms. The Morgan fingerprint density at radius 2 is 1.90 bits per heavy atom. The Balaban J connectivity index is 1.61. The molecule has 4 atom stereocenters. The first-order valence-electron chi connectivity index (χ1n) is 9.53. The van der Waals surface area contributed by atoms with Crippen LogP contribution >= 0.6 is 23.2 Å². The summed E-state index contributed by atoms with van der Waals surface area (Å²) in [6, 6.07) is 4.55. The summed E-state index contributed by atoms with van der Waals surface area (Å²) in [5.74, 6) is 0.694. The van der Waals surface area contributed by atoms with E-state index in [9.17, 15) is 10.2 Å². The number of rotatable bonds is 6. The van der Waals surface area contributed by atoms with E-state index in [0.29, 0.717) is 40.2 Å². The summed E-state index contributed by atoms with van der Waals surface area (Å²) in [4.78, 5) is 8.53. The van der Waals surface area contributed by atoms with Gasteiger partial charge in [0.25, 0.3) is 0 Å². The number of hydrogen-bond donors (Lipinski definition) is 3. The van der Waals surface area contributed by atoms with Gasteiger partial charge in [0.15, 0.2) is 11.5 Å². The van der Waals surface area contributed by atoms with E-state index in [1.807, 2.05) is 23.8 Å². The van der Waals surface area contributed by atoms with Gasteiger partial charge in [-0.25, -0.2) is 9.97 Å². The largest absolute Gasteiger partial charge is 0.488 e. The molecule has 160 valence electrons. The summed E-state index contributed by atoms with van der Waals surface area (Å²) >= 11 is 12.2. The summed E-state index contributed by atoms with van der Waals surface area (Å²) in [5, 5.41) is 22.9. The molecule has 2 heterocycles. The van der Waals surface area contributed by atoms with Crippen molar-refractivity contribution in [1.29, 1.82) is 0 Å². The fourth-order valence-electron chi connectivity index (χ4n) is 3.77. The Kier molecular flexibility index (Phi) is 6.04. The van der Waals surface area contributed by atoms with E-state index in [-0.39, 0.29) is 6.61 Å². The minimum absolute atomic E-state index is 0.265. The van der Waals surface area contributed by atoms with Crippen LogP contribution in [0.15, 0.2) is 30.7 Å². The van der Waals surface area contributed by atoms with Gasteiger partial charge in [-0.3, -0.25) is 0 Å². The zero-order chi connectivity index (χ0) is 21.4. The molecule has 1 aliphatic carbocycles. The second-order valence-corrected chi connectivity index (χ2v) is 8.02. The number of aromatic nitrogens is 3. The maximum Gasteiger partial charge on any atom is 0.163 e. The first kappa shape index (κ1) is 21.1. The number of aryl methyl sites for hydroxylation is 1. The number of nitrogens with two attached hydrogens (primary N) is 1. The van der Waals surface area contributed by atoms with Crippen molar-refractivity contribution in [3.05, 3.63) is 46.5 Å². The maximum absolute atomic E-state index is 10.7. The average molecular weight is 453 g/mol. The highest BCUT2D eigenvalue weighted by Gasteiger charge is 2.44. The third-order valence-corrected chi connectivity index (χ3v) is 6.03. The number of benzene rings is 1. The molecule has 2 unspecified atom stereocenters. The second-order valence-electron chi connectivity index (χ2n) is 7.21. The summed E-state index contributed by atoms with van der Waals surface area (Å²) in [6.45, 7) is 2.48. The standard InChI is InChI=1S/C20H22Cl2N4O4/c1-10-11-2-4-26(20(11)25-9-24-10)14-8-17(19(28)18(14)27)30-16-7-13(22)12(21)6-15(16)29-5-3-23/h2,4,6-7,9,14,17-19,27-28H,3,5,8,23H2,1H3/t14?,17?,18-,19+/m0/s1. The lowest BCUT2D eigenvalue weighted by atomic mass is 10.2. The molecule has 0 amide bonds. The van der Waals surface area contributed by atoms with Crippen LogP contribution in [0.3, 0.4) is 0 Å². The number of aliphatic hydroxyl groups is 2. The van der Waals surface area contributed by atoms with Crippen molar-refractivity contribution in [1.82, 2.24) is 14.5 Å². The SMILES string of the molecule is Cc1ncnc2c1ccn2C1CC(Oc2cc(Cl)c(Cl)cc2OCCN)[C@@H](O)[C@H]1O. The van der Waals surface area contributed by atoms with Crippen LogP contribution in [0.25, 0.3) is 11.0 Å². The molecular weight excluding hydrogens is 431 g/mol. The minimum atomic E-state index is -1.12. The Morgan fingerprint density at radius 1 is 1.17 bits per heavy atom. The molecule has 0 spiro atoms. The Bertz CT molecular complexity index is 1060. The van der Waals surface area contributed by atoms with Gasteiger partial charge in [0.05, 0.1) is 21.8 Å². The zero-order valence-electron chi connectivity index (χ0n) is 16.2. The van der Waals surface area contributed by atoms with Crippen LogP contribution in [0, 0.1) is 6.92 Å². The van der Waals surface area contributed by atoms with Gasteiger partial charge in [0.2, 0.25) is 0 Å². The van der Waals surface area contributed by atoms with Gasteiger partial charge < -0.3 is 30.0 Å². The minimum Gasteiger partial charge on any atom is -0.488 e. The van der Waals surface area contributed by atoms with E-state index in [1.54, 1.807) is 6.07 Å². The molecule has 2 aromatic heterocycles. The van der Waals surface area contributed by atoms with E-state index in [2.05, 4.69) is 9.97 Å². The van der Waals surface area contributed by atoms with E-state index < -0.39 is 24.4 Å². The van der Waals surface area contributed by atoms with Crippen LogP contribution in [0.5, 0.6) is 11.5 Å². The van der Waals surface area contributed by atoms with E-state index in [4.69, 9.17) is 38.4 Å². The number of ether oxygens (including phenoxy) is 2. The maximum atomic E-state index is 10.7. The topological polar surface area (TPSA) is 116 Å². The van der Waals surface area contributed by atoms with E-state index in [0.717, 1.165) is 11.1 Å². The first-order chi connectivity index (χ1) is 14.4. The van der Waals surface area contributed by atoms with Crippen LogP contribution in [-0.4, -0.2) is 56.2 Å². The smallest absolute Gasteiger partial charge is 0.163 e. The lowest BCUT2D eigenvalue weighted by Crippen LogP contribution is -2.34. The molecule has 0 radical (unpaired) electrons. The van der Waals surface area contributed by atoms with Crippen molar-refractivity contribution in [2.45, 2.75) is 37.7 Å². The van der Waals surface area contributed by atoms with Gasteiger partial charge in [-0.2, -0.15) is 0 Å². The molecule has 8 nitrogen and oxygen atoms in total. The Labute approximate surface area is 183 Å². The molecule has 0 bridgehead atoms. The summed E-state index contributed by atoms with van der Waals surface area (Å²) in [6.07, 6.45) is 0.819. The predicted molar refractivity (Wildman–Crippen MR) is 113 cm³/mol. The molecule has 0 aliphatic heterocycles. The van der Waals surface area contributed by atoms with E-state index >= 15 is 0 Å². The van der Waals surface area contributed by atoms with Gasteiger partial charge >= 0.3 is 0 Å². The predicted octanol–water partition coefficient (Wildman–Crippen LogP) is 2.50. The molecule has 1 fully saturated rings. The summed E-state index contributed by atoms with van der Waals surface area (Å²) in [5.41, 5.74) is 7.06. The highest BCUT2D eigenvalue weighted by atomic mass is 35.5. The van der Waals surface area contributed by atoms with Crippen LogP contribution < -0.4 is 15.2 Å². The summed E-state index contributed by atoms with van der Waals surface area (Å²) < 4.78 is 13.5. The van der Waals surface area contributed by atoms with Crippen LogP contribution in [0.1, 0.15) is 18.2 Å². The van der Waals surface area contributed by atoms with E-state index in [1.165, 1.54) is 12.4 Å². The lowest BCUT2D eigenvalue weighted by Gasteiger charge is -2.20. The highest BCUT2D eigenvalue weighted by Crippen LogP contribution is 2.40. The molecule has 1 saturated carbocycles. The monoisotopic (exact) mass is 452 g/mol. The molecular formula is C20H22Cl2N4O4. The van der Waals surface area contributed by atoms with Crippen molar-refractivity contribution in [3.63, 3.8) is 0 Å². The number of aliphatic hydroxyl groups excluding tert-OH is 2. The Morgan fingerprint density at radius 3 is 2.63 bits per heavy atom. The zero-order valence-corrected chi connectivity index (χ0v) is 17.7. The van der Waals surface area contributed by atoms with Gasteiger partial charge in [-0.1, -0.05) is 23.2 Å². The van der Waals surface area contributed by atoms with Gasteiger partial charge in [-0.05, 0) is 13.0 Å². The second kappa shape index (κ2) is 8.56. The molecule has 1 aliphatic rings. The van der Waals surface area contributed by atoms with Gasteiger partial charge in [0, 0.05) is 36.7 Å². The molecule has 30 heavy (non-hydrogen) atoms. The summed E-state index contributed by atoms with van der Waals surface area (Å²) in [7, 11) is 0. The highest BCUT2D eigenvalue weighted by molar-refractivity contribution is 6.42. The van der Waals surface area contributed by atoms with Crippen molar-refractivity contribution in [2.24, 2.45) is 5.73 Å². The molecule has 3 aromatic rings. The van der Waals surface area contributed by atoms with Gasteiger partial charge in [-0.15, -0.1) is 0 Å². The van der Waals surface area contributed by atoms with Crippen molar-refractivity contribution in [3.8, 4) is 11.5 Å². The quantitative estimate of drug-likeness (QED) is 0.525. The third-order valence-electron chi connectivity index (χ3n) is 5.31. The molecule has 0 saturated heterocycles. The Hall–Kier alpha value is -2.10. The number of fused-ring (bicyclic) bond motifs is 1. The van der Waals surface area contributed by atoms with Crippen molar-refractivity contribution >= 4 is 34.2 Å². The first-order valence-corrected chi connectivity index (χ1v) is 10.3. The van der Waals surface area contributed by atoms with Crippen LogP contribution in [0.2, 0.25) is 10.0 Å². The fraction of sp³-hybridized carbons (Fsp3) is 0.400. The normalized spacial score (nSPS) is 23.8. The third kappa shape index (κ3) is 3.81. The van der Waals surface area contributed by atoms with Crippen molar-refractivity contribution in [2.75, 3.05) is 13.2 Å². The van der Waals surface area contributed by atoms with Crippen molar-refractivity contribution < 1.29 is 19.7 Å². The number of halogens is 2. The molecule has 1 aromatic carbocycles.